The van der Waals surface area contributed by atoms with Gasteiger partial charge < -0.3 is 26.3 Å². The number of likely N-dealkylation sites (N-methyl/N-ethyl adjacent to an activating group) is 1. The monoisotopic (exact) mass is 294 g/mol. The summed E-state index contributed by atoms with van der Waals surface area (Å²) in [6, 6.07) is 5.19. The van der Waals surface area contributed by atoms with Crippen LogP contribution in [0.3, 0.4) is 0 Å². The van der Waals surface area contributed by atoms with Crippen molar-refractivity contribution in [1.29, 1.82) is 0 Å². The van der Waals surface area contributed by atoms with Gasteiger partial charge in [0.1, 0.15) is 0 Å². The van der Waals surface area contributed by atoms with Gasteiger partial charge >= 0.3 is 0 Å². The van der Waals surface area contributed by atoms with Gasteiger partial charge in [-0.15, -0.1) is 5.10 Å². The van der Waals surface area contributed by atoms with E-state index in [4.69, 9.17) is 20.9 Å². The summed E-state index contributed by atoms with van der Waals surface area (Å²) in [5, 5.41) is 8.85. The molecule has 0 aromatic heterocycles. The lowest BCUT2D eigenvalue weighted by atomic mass is 10.2. The van der Waals surface area contributed by atoms with Crippen molar-refractivity contribution in [2.24, 2.45) is 16.6 Å². The van der Waals surface area contributed by atoms with Gasteiger partial charge in [-0.25, -0.2) is 0 Å². The maximum Gasteiger partial charge on any atom is 0.257 e. The third-order valence-corrected chi connectivity index (χ3v) is 2.35. The minimum Gasteiger partial charge on any atom is -0.493 e. The van der Waals surface area contributed by atoms with E-state index in [1.807, 2.05) is 6.92 Å². The Hall–Kier alpha value is -2.77. The molecule has 1 aromatic rings. The largest absolute Gasteiger partial charge is 0.493 e. The fourth-order valence-electron chi connectivity index (χ4n) is 1.47. The van der Waals surface area contributed by atoms with E-state index in [9.17, 15) is 4.79 Å². The number of methoxy groups -OCH3 is 1. The van der Waals surface area contributed by atoms with Crippen LogP contribution in [0.1, 0.15) is 12.5 Å². The van der Waals surface area contributed by atoms with Gasteiger partial charge in [-0.1, -0.05) is 0 Å². The number of carbonyl (C=O) groups excluding carboxylic acids is 1. The van der Waals surface area contributed by atoms with Gasteiger partial charge in [-0.3, -0.25) is 4.79 Å². The molecule has 0 saturated heterocycles. The van der Waals surface area contributed by atoms with Gasteiger partial charge in [-0.2, -0.15) is 0 Å². The van der Waals surface area contributed by atoms with Gasteiger partial charge in [0.25, 0.3) is 11.9 Å². The SMILES string of the molecule is CCNC(=O)COc1ccc(/C=[NH+]\N=C(N)N)cc1OC. The summed E-state index contributed by atoms with van der Waals surface area (Å²) in [6.07, 6.45) is 1.59. The molecular formula is C13H20N5O3+. The average molecular weight is 294 g/mol. The molecule has 0 saturated carbocycles. The molecule has 114 valence electrons. The first-order valence-corrected chi connectivity index (χ1v) is 6.31. The van der Waals surface area contributed by atoms with Crippen LogP contribution in [0.2, 0.25) is 0 Å². The van der Waals surface area contributed by atoms with Crippen LogP contribution in [0.5, 0.6) is 11.5 Å². The Morgan fingerprint density at radius 1 is 1.43 bits per heavy atom. The van der Waals surface area contributed by atoms with Crippen molar-refractivity contribution in [3.63, 3.8) is 0 Å². The van der Waals surface area contributed by atoms with Crippen molar-refractivity contribution in [1.82, 2.24) is 5.32 Å². The van der Waals surface area contributed by atoms with Crippen LogP contribution in [0.15, 0.2) is 23.3 Å². The van der Waals surface area contributed by atoms with Gasteiger partial charge in [0.15, 0.2) is 18.1 Å². The Balaban J connectivity index is 2.77. The molecule has 0 aliphatic carbocycles. The average Bonchev–Trinajstić information content (AvgIpc) is 2.45. The van der Waals surface area contributed by atoms with Gasteiger partial charge in [0.2, 0.25) is 6.21 Å². The highest BCUT2D eigenvalue weighted by atomic mass is 16.5. The van der Waals surface area contributed by atoms with Gasteiger partial charge in [0.05, 0.1) is 7.11 Å². The molecule has 0 fully saturated rings. The van der Waals surface area contributed by atoms with Gasteiger partial charge in [-0.05, 0) is 25.1 Å². The second kappa shape index (κ2) is 8.41. The molecule has 8 heteroatoms. The molecular weight excluding hydrogens is 274 g/mol. The van der Waals surface area contributed by atoms with E-state index < -0.39 is 0 Å². The maximum atomic E-state index is 11.4. The fraction of sp³-hybridized carbons (Fsp3) is 0.308. The molecule has 0 bridgehead atoms. The minimum absolute atomic E-state index is 0.0693. The standard InChI is InChI=1S/C13H19N5O3/c1-3-16-12(19)8-21-10-5-4-9(6-11(10)20-2)7-17-18-13(14)15/h4-7H,3,8H2,1-2H3,(H,16,19)(H4,14,15,18)/p+1/b17-7-. The van der Waals surface area contributed by atoms with Crippen molar-refractivity contribution in [2.75, 3.05) is 20.3 Å². The number of nitrogens with zero attached hydrogens (tertiary/aromatic N) is 1. The molecule has 0 radical (unpaired) electrons. The highest BCUT2D eigenvalue weighted by Gasteiger charge is 2.08. The fourth-order valence-corrected chi connectivity index (χ4v) is 1.47. The Kier molecular flexibility index (Phi) is 6.52. The number of nitrogens with two attached hydrogens (primary N) is 2. The van der Waals surface area contributed by atoms with Crippen molar-refractivity contribution < 1.29 is 19.4 Å². The summed E-state index contributed by atoms with van der Waals surface area (Å²) in [4.78, 5) is 11.4. The number of carbonyl (C=O) groups is 1. The van der Waals surface area contributed by atoms with Crippen molar-refractivity contribution in [3.8, 4) is 11.5 Å². The summed E-state index contributed by atoms with van der Waals surface area (Å²) < 4.78 is 10.6. The third-order valence-electron chi connectivity index (χ3n) is 2.35. The van der Waals surface area contributed by atoms with Gasteiger partial charge in [0, 0.05) is 17.2 Å². The molecule has 1 rings (SSSR count). The molecule has 0 atom stereocenters. The summed E-state index contributed by atoms with van der Waals surface area (Å²) >= 11 is 0. The number of benzene rings is 1. The van der Waals surface area contributed by atoms with E-state index in [1.165, 1.54) is 7.11 Å². The number of rotatable bonds is 7. The number of hydrogen-bond donors (Lipinski definition) is 4. The van der Waals surface area contributed by atoms with Crippen LogP contribution in [0.25, 0.3) is 0 Å². The van der Waals surface area contributed by atoms with Crippen molar-refractivity contribution in [3.05, 3.63) is 23.8 Å². The maximum absolute atomic E-state index is 11.4. The smallest absolute Gasteiger partial charge is 0.257 e. The van der Waals surface area contributed by atoms with Crippen LogP contribution < -0.4 is 31.4 Å². The summed E-state index contributed by atoms with van der Waals surface area (Å²) in [5.74, 6) is 0.715. The first kappa shape index (κ1) is 16.3. The molecule has 0 unspecified atom stereocenters. The normalized spacial score (nSPS) is 10.2. The van der Waals surface area contributed by atoms with E-state index in [2.05, 4.69) is 15.5 Å². The lowest BCUT2D eigenvalue weighted by Crippen LogP contribution is -2.63. The topological polar surface area (TPSA) is 126 Å². The third kappa shape index (κ3) is 5.81. The molecule has 1 amide bonds. The second-order valence-corrected chi connectivity index (χ2v) is 3.96. The van der Waals surface area contributed by atoms with Crippen molar-refractivity contribution >= 4 is 18.1 Å². The van der Waals surface area contributed by atoms with E-state index in [-0.39, 0.29) is 18.5 Å². The molecule has 0 aliphatic rings. The van der Waals surface area contributed by atoms with Crippen LogP contribution in [-0.2, 0) is 4.79 Å². The summed E-state index contributed by atoms with van der Waals surface area (Å²) in [6.45, 7) is 2.33. The second-order valence-electron chi connectivity index (χ2n) is 3.96. The number of guanidine groups is 1. The number of hydrazone groups is 1. The summed E-state index contributed by atoms with van der Waals surface area (Å²) in [7, 11) is 1.52. The zero-order valence-electron chi connectivity index (χ0n) is 12.1. The highest BCUT2D eigenvalue weighted by Crippen LogP contribution is 2.27. The van der Waals surface area contributed by atoms with E-state index in [1.54, 1.807) is 24.4 Å². The molecule has 6 N–H and O–H groups in total. The van der Waals surface area contributed by atoms with E-state index in [0.717, 1.165) is 5.56 Å². The zero-order valence-corrected chi connectivity index (χ0v) is 12.1. The molecule has 0 aliphatic heterocycles. The Labute approximate surface area is 122 Å². The van der Waals surface area contributed by atoms with Crippen LogP contribution in [0, 0.1) is 0 Å². The van der Waals surface area contributed by atoms with Crippen LogP contribution in [-0.4, -0.2) is 38.3 Å². The highest BCUT2D eigenvalue weighted by molar-refractivity contribution is 5.79. The first-order chi connectivity index (χ1) is 10.1. The number of nitrogens with one attached hydrogen (secondary N) is 2. The first-order valence-electron chi connectivity index (χ1n) is 6.31. The Bertz CT molecular complexity index is 539. The van der Waals surface area contributed by atoms with Crippen LogP contribution in [0.4, 0.5) is 0 Å². The van der Waals surface area contributed by atoms with E-state index >= 15 is 0 Å². The quantitative estimate of drug-likeness (QED) is 0.260. The molecule has 21 heavy (non-hydrogen) atoms. The zero-order chi connectivity index (χ0) is 15.7. The van der Waals surface area contributed by atoms with E-state index in [0.29, 0.717) is 18.0 Å². The summed E-state index contributed by atoms with van der Waals surface area (Å²) in [5.41, 5.74) is 11.2. The molecule has 0 spiro atoms. The predicted octanol–water partition coefficient (Wildman–Crippen LogP) is -2.10. The molecule has 1 aromatic carbocycles. The minimum atomic E-state index is -0.190. The Morgan fingerprint density at radius 3 is 2.81 bits per heavy atom. The van der Waals surface area contributed by atoms with Crippen molar-refractivity contribution in [2.45, 2.75) is 6.92 Å². The number of ether oxygens (including phenoxy) is 2. The molecule has 0 heterocycles. The number of hydrogen-bond acceptors (Lipinski definition) is 4. The lowest BCUT2D eigenvalue weighted by Gasteiger charge is -2.10. The van der Waals surface area contributed by atoms with Crippen LogP contribution >= 0.6 is 0 Å². The molecule has 8 nitrogen and oxygen atoms in total. The predicted molar refractivity (Wildman–Crippen MR) is 79.1 cm³/mol. The Morgan fingerprint density at radius 2 is 2.19 bits per heavy atom. The number of amides is 1. The lowest BCUT2D eigenvalue weighted by molar-refractivity contribution is -0.456.